The number of hydrazine groups is 1. The lowest BCUT2D eigenvalue weighted by Gasteiger charge is -2.11. The predicted molar refractivity (Wildman–Crippen MR) is 113 cm³/mol. The lowest BCUT2D eigenvalue weighted by molar-refractivity contribution is 0.613. The number of nitrogen functional groups attached to an aromatic ring is 1. The fourth-order valence-electron chi connectivity index (χ4n) is 3.11. The third-order valence-corrected chi connectivity index (χ3v) is 4.63. The summed E-state index contributed by atoms with van der Waals surface area (Å²) in [5.41, 5.74) is 7.57. The Hall–Kier alpha value is -3.45. The zero-order valence-electron chi connectivity index (χ0n) is 15.9. The van der Waals surface area contributed by atoms with E-state index in [2.05, 4.69) is 75.9 Å². The molecule has 0 amide bonds. The second-order valence-electron chi connectivity index (χ2n) is 6.87. The molecule has 4 rings (SSSR count). The molecule has 28 heavy (non-hydrogen) atoms. The Kier molecular flexibility index (Phi) is 4.90. The van der Waals surface area contributed by atoms with Crippen LogP contribution in [0.3, 0.4) is 0 Å². The largest absolute Gasteiger partial charge is 0.364 e. The van der Waals surface area contributed by atoms with Crippen molar-refractivity contribution in [1.82, 2.24) is 19.5 Å². The first-order chi connectivity index (χ1) is 13.7. The van der Waals surface area contributed by atoms with Crippen LogP contribution in [0.15, 0.2) is 60.9 Å². The van der Waals surface area contributed by atoms with Crippen molar-refractivity contribution in [3.05, 3.63) is 66.5 Å². The number of hydrogen-bond donors (Lipinski definition) is 3. The molecule has 2 heterocycles. The van der Waals surface area contributed by atoms with Crippen molar-refractivity contribution in [3.63, 3.8) is 0 Å². The lowest BCUT2D eigenvalue weighted by atomic mass is 10.0. The van der Waals surface area contributed by atoms with E-state index < -0.39 is 0 Å². The maximum atomic E-state index is 5.55. The van der Waals surface area contributed by atoms with Crippen molar-refractivity contribution in [2.75, 3.05) is 10.7 Å². The Morgan fingerprint density at radius 3 is 2.36 bits per heavy atom. The summed E-state index contributed by atoms with van der Waals surface area (Å²) in [6, 6.07) is 19.1. The zero-order chi connectivity index (χ0) is 19.5. The van der Waals surface area contributed by atoms with Crippen molar-refractivity contribution in [2.45, 2.75) is 26.4 Å². The summed E-state index contributed by atoms with van der Waals surface area (Å²) in [7, 11) is 0. The normalized spacial score (nSPS) is 11.1. The van der Waals surface area contributed by atoms with E-state index in [4.69, 9.17) is 5.84 Å². The molecule has 0 saturated heterocycles. The summed E-state index contributed by atoms with van der Waals surface area (Å²) in [6.07, 6.45) is 1.78. The first-order valence-electron chi connectivity index (χ1n) is 9.25. The molecule has 0 radical (unpaired) electrons. The maximum absolute atomic E-state index is 5.55. The molecule has 2 aromatic heterocycles. The first kappa shape index (κ1) is 17.9. The number of benzene rings is 2. The third-order valence-electron chi connectivity index (χ3n) is 4.63. The second-order valence-corrected chi connectivity index (χ2v) is 6.87. The molecule has 0 unspecified atom stereocenters. The minimum absolute atomic E-state index is 0.240. The molecule has 0 saturated carbocycles. The molecule has 0 fully saturated rings. The fourth-order valence-corrected chi connectivity index (χ4v) is 3.11. The minimum Gasteiger partial charge on any atom is -0.364 e. The Morgan fingerprint density at radius 2 is 1.68 bits per heavy atom. The van der Waals surface area contributed by atoms with Crippen LogP contribution >= 0.6 is 0 Å². The number of anilines is 2. The summed E-state index contributed by atoms with van der Waals surface area (Å²) < 4.78 is 2.00. The zero-order valence-corrected chi connectivity index (χ0v) is 15.9. The van der Waals surface area contributed by atoms with Crippen molar-refractivity contribution in [2.24, 2.45) is 5.84 Å². The van der Waals surface area contributed by atoms with Crippen LogP contribution in [0.1, 0.15) is 25.5 Å². The van der Waals surface area contributed by atoms with Crippen molar-refractivity contribution < 1.29 is 0 Å². The van der Waals surface area contributed by atoms with Gasteiger partial charge in [-0.2, -0.15) is 9.97 Å². The van der Waals surface area contributed by atoms with E-state index in [0.29, 0.717) is 18.3 Å². The number of nitrogens with two attached hydrogens (primary N) is 1. The van der Waals surface area contributed by atoms with Crippen LogP contribution in [-0.2, 0) is 6.54 Å². The molecular formula is C21H23N7. The van der Waals surface area contributed by atoms with Gasteiger partial charge in [0.05, 0.1) is 6.33 Å². The van der Waals surface area contributed by atoms with Gasteiger partial charge in [-0.1, -0.05) is 54.6 Å². The van der Waals surface area contributed by atoms with Gasteiger partial charge in [0, 0.05) is 12.6 Å². The molecule has 7 heteroatoms. The van der Waals surface area contributed by atoms with E-state index in [9.17, 15) is 0 Å². The topological polar surface area (TPSA) is 93.7 Å². The van der Waals surface area contributed by atoms with E-state index in [1.807, 2.05) is 22.8 Å². The Balaban J connectivity index is 1.57. The molecule has 4 aromatic rings. The highest BCUT2D eigenvalue weighted by Gasteiger charge is 2.14. The van der Waals surface area contributed by atoms with Gasteiger partial charge < -0.3 is 9.88 Å². The third kappa shape index (κ3) is 3.52. The van der Waals surface area contributed by atoms with E-state index in [1.165, 1.54) is 11.1 Å². The Morgan fingerprint density at radius 1 is 0.964 bits per heavy atom. The number of aromatic nitrogens is 4. The van der Waals surface area contributed by atoms with Gasteiger partial charge in [0.2, 0.25) is 5.95 Å². The molecule has 0 aliphatic carbocycles. The highest BCUT2D eigenvalue weighted by molar-refractivity contribution is 5.84. The predicted octanol–water partition coefficient (Wildman–Crippen LogP) is 3.97. The van der Waals surface area contributed by atoms with Crippen LogP contribution in [0.25, 0.3) is 22.3 Å². The SMILES string of the molecule is CC(C)n1cnc2c(NCc3ccc(-c4ccccc4)cc3)nc(NN)nc21. The van der Waals surface area contributed by atoms with E-state index in [1.54, 1.807) is 6.33 Å². The van der Waals surface area contributed by atoms with Gasteiger partial charge in [0.15, 0.2) is 17.0 Å². The Bertz CT molecular complexity index is 1070. The van der Waals surface area contributed by atoms with Crippen LogP contribution in [0, 0.1) is 0 Å². The van der Waals surface area contributed by atoms with Crippen molar-refractivity contribution in [1.29, 1.82) is 0 Å². The lowest BCUT2D eigenvalue weighted by Crippen LogP contribution is -2.13. The van der Waals surface area contributed by atoms with E-state index >= 15 is 0 Å². The van der Waals surface area contributed by atoms with Crippen LogP contribution in [0.5, 0.6) is 0 Å². The molecule has 0 aliphatic rings. The molecule has 142 valence electrons. The molecule has 0 spiro atoms. The van der Waals surface area contributed by atoms with Crippen LogP contribution < -0.4 is 16.6 Å². The quantitative estimate of drug-likeness (QED) is 0.350. The number of fused-ring (bicyclic) bond motifs is 1. The average Bonchev–Trinajstić information content (AvgIpc) is 3.17. The summed E-state index contributed by atoms with van der Waals surface area (Å²) in [5.74, 6) is 6.57. The van der Waals surface area contributed by atoms with E-state index in [-0.39, 0.29) is 6.04 Å². The summed E-state index contributed by atoms with van der Waals surface area (Å²) in [6.45, 7) is 4.79. The molecule has 7 nitrogen and oxygen atoms in total. The molecule has 0 bridgehead atoms. The second kappa shape index (κ2) is 7.66. The molecule has 4 N–H and O–H groups in total. The van der Waals surface area contributed by atoms with Gasteiger partial charge in [0.1, 0.15) is 0 Å². The maximum Gasteiger partial charge on any atom is 0.241 e. The highest BCUT2D eigenvalue weighted by atomic mass is 15.3. The number of imidazole rings is 1. The molecule has 0 aliphatic heterocycles. The molecular weight excluding hydrogens is 350 g/mol. The monoisotopic (exact) mass is 373 g/mol. The average molecular weight is 373 g/mol. The van der Waals surface area contributed by atoms with Crippen molar-refractivity contribution in [3.8, 4) is 11.1 Å². The Labute approximate surface area is 163 Å². The summed E-state index contributed by atoms with van der Waals surface area (Å²) in [4.78, 5) is 13.4. The summed E-state index contributed by atoms with van der Waals surface area (Å²) in [5, 5.41) is 3.37. The van der Waals surface area contributed by atoms with Crippen LogP contribution in [0.4, 0.5) is 11.8 Å². The minimum atomic E-state index is 0.240. The highest BCUT2D eigenvalue weighted by Crippen LogP contribution is 2.24. The number of nitrogens with one attached hydrogen (secondary N) is 2. The first-order valence-corrected chi connectivity index (χ1v) is 9.25. The fraction of sp³-hybridized carbons (Fsp3) is 0.190. The van der Waals surface area contributed by atoms with Gasteiger partial charge in [0.25, 0.3) is 0 Å². The molecule has 2 aromatic carbocycles. The molecule has 0 atom stereocenters. The standard InChI is InChI=1S/C21H23N7/c1-14(2)28-13-24-18-19(25-21(27-22)26-20(18)28)23-12-15-8-10-17(11-9-15)16-6-4-3-5-7-16/h3-11,13-14H,12,22H2,1-2H3,(H2,23,25,26,27). The number of rotatable bonds is 6. The van der Waals surface area contributed by atoms with Gasteiger partial charge in [-0.25, -0.2) is 10.8 Å². The van der Waals surface area contributed by atoms with Crippen molar-refractivity contribution >= 4 is 22.9 Å². The van der Waals surface area contributed by atoms with Gasteiger partial charge in [-0.15, -0.1) is 0 Å². The van der Waals surface area contributed by atoms with Gasteiger partial charge in [-0.05, 0) is 30.5 Å². The number of nitrogens with zero attached hydrogens (tertiary/aromatic N) is 4. The van der Waals surface area contributed by atoms with Crippen LogP contribution in [-0.4, -0.2) is 19.5 Å². The van der Waals surface area contributed by atoms with Crippen LogP contribution in [0.2, 0.25) is 0 Å². The van der Waals surface area contributed by atoms with E-state index in [0.717, 1.165) is 16.7 Å². The van der Waals surface area contributed by atoms with Gasteiger partial charge >= 0.3 is 0 Å². The smallest absolute Gasteiger partial charge is 0.241 e. The van der Waals surface area contributed by atoms with Gasteiger partial charge in [-0.3, -0.25) is 5.43 Å². The summed E-state index contributed by atoms with van der Waals surface area (Å²) >= 11 is 0. The number of hydrogen-bond acceptors (Lipinski definition) is 6.